The van der Waals surface area contributed by atoms with Gasteiger partial charge in [-0.2, -0.15) is 0 Å². The molecule has 1 unspecified atom stereocenters. The average molecular weight is 284 g/mol. The zero-order valence-corrected chi connectivity index (χ0v) is 13.1. The molecule has 3 heteroatoms. The van der Waals surface area contributed by atoms with Crippen molar-refractivity contribution < 1.29 is 5.11 Å². The molecule has 0 amide bonds. The maximum atomic E-state index is 10.3. The molecule has 2 rings (SSSR count). The van der Waals surface area contributed by atoms with Crippen molar-refractivity contribution in [3.8, 4) is 0 Å². The molecular weight excluding hydrogens is 260 g/mol. The monoisotopic (exact) mass is 284 g/mol. The van der Waals surface area contributed by atoms with Crippen LogP contribution in [0, 0.1) is 13.8 Å². The summed E-state index contributed by atoms with van der Waals surface area (Å²) in [6.45, 7) is 5.69. The third kappa shape index (κ3) is 4.66. The minimum absolute atomic E-state index is 0.446. The second-order valence-electron chi connectivity index (χ2n) is 5.69. The van der Waals surface area contributed by atoms with Gasteiger partial charge >= 0.3 is 0 Å². The highest BCUT2D eigenvalue weighted by atomic mass is 16.3. The number of pyridine rings is 1. The van der Waals surface area contributed by atoms with Gasteiger partial charge in [0.15, 0.2) is 0 Å². The van der Waals surface area contributed by atoms with Crippen LogP contribution in [-0.2, 0) is 6.42 Å². The number of aliphatic hydroxyl groups excluding tert-OH is 1. The van der Waals surface area contributed by atoms with Gasteiger partial charge in [0.25, 0.3) is 0 Å². The SMILES string of the molecule is Cc1ccc(C(O)CN(C)CCc2ccccn2)cc1C. The maximum Gasteiger partial charge on any atom is 0.0916 e. The Morgan fingerprint density at radius 1 is 1.14 bits per heavy atom. The maximum absolute atomic E-state index is 10.3. The zero-order valence-electron chi connectivity index (χ0n) is 13.1. The van der Waals surface area contributed by atoms with E-state index in [4.69, 9.17) is 0 Å². The van der Waals surface area contributed by atoms with E-state index in [1.165, 1.54) is 11.1 Å². The second kappa shape index (κ2) is 7.34. The van der Waals surface area contributed by atoms with Crippen LogP contribution in [0.2, 0.25) is 0 Å². The molecule has 112 valence electrons. The van der Waals surface area contributed by atoms with Crippen molar-refractivity contribution in [1.29, 1.82) is 0 Å². The van der Waals surface area contributed by atoms with Crippen LogP contribution in [0.25, 0.3) is 0 Å². The molecular formula is C18H24N2O. The Kier molecular flexibility index (Phi) is 5.48. The number of likely N-dealkylation sites (N-methyl/N-ethyl adjacent to an activating group) is 1. The number of aryl methyl sites for hydroxylation is 2. The van der Waals surface area contributed by atoms with Crippen molar-refractivity contribution >= 4 is 0 Å². The summed E-state index contributed by atoms with van der Waals surface area (Å²) in [6.07, 6.45) is 2.27. The lowest BCUT2D eigenvalue weighted by molar-refractivity contribution is 0.127. The molecule has 3 nitrogen and oxygen atoms in total. The number of nitrogens with zero attached hydrogens (tertiary/aromatic N) is 2. The number of aromatic nitrogens is 1. The Hall–Kier alpha value is -1.71. The first kappa shape index (κ1) is 15.7. The molecule has 1 aromatic heterocycles. The molecule has 0 aliphatic carbocycles. The van der Waals surface area contributed by atoms with Gasteiger partial charge in [-0.1, -0.05) is 24.3 Å². The van der Waals surface area contributed by atoms with Gasteiger partial charge in [-0.05, 0) is 49.7 Å². The third-order valence-corrected chi connectivity index (χ3v) is 3.88. The highest BCUT2D eigenvalue weighted by Crippen LogP contribution is 2.17. The molecule has 0 saturated heterocycles. The quantitative estimate of drug-likeness (QED) is 0.886. The van der Waals surface area contributed by atoms with Gasteiger partial charge in [-0.15, -0.1) is 0 Å². The van der Waals surface area contributed by atoms with E-state index in [0.29, 0.717) is 6.54 Å². The molecule has 1 N–H and O–H groups in total. The van der Waals surface area contributed by atoms with Gasteiger partial charge in [0.1, 0.15) is 0 Å². The summed E-state index contributed by atoms with van der Waals surface area (Å²) < 4.78 is 0. The topological polar surface area (TPSA) is 36.4 Å². The Morgan fingerprint density at radius 2 is 1.95 bits per heavy atom. The van der Waals surface area contributed by atoms with Crippen LogP contribution in [-0.4, -0.2) is 35.1 Å². The normalized spacial score (nSPS) is 12.6. The van der Waals surface area contributed by atoms with Crippen LogP contribution in [0.1, 0.15) is 28.5 Å². The molecule has 1 aromatic carbocycles. The molecule has 0 aliphatic heterocycles. The first-order valence-corrected chi connectivity index (χ1v) is 7.40. The van der Waals surface area contributed by atoms with Crippen LogP contribution < -0.4 is 0 Å². The highest BCUT2D eigenvalue weighted by Gasteiger charge is 2.11. The van der Waals surface area contributed by atoms with Crippen LogP contribution in [0.15, 0.2) is 42.6 Å². The molecule has 1 heterocycles. The Balaban J connectivity index is 1.86. The Labute approximate surface area is 127 Å². The van der Waals surface area contributed by atoms with E-state index >= 15 is 0 Å². The largest absolute Gasteiger partial charge is 0.387 e. The summed E-state index contributed by atoms with van der Waals surface area (Å²) in [5, 5.41) is 10.3. The molecule has 1 atom stereocenters. The van der Waals surface area contributed by atoms with Gasteiger partial charge in [-0.25, -0.2) is 0 Å². The van der Waals surface area contributed by atoms with E-state index in [2.05, 4.69) is 35.9 Å². The molecule has 0 radical (unpaired) electrons. The van der Waals surface area contributed by atoms with E-state index in [-0.39, 0.29) is 0 Å². The number of aliphatic hydroxyl groups is 1. The molecule has 21 heavy (non-hydrogen) atoms. The van der Waals surface area contributed by atoms with E-state index < -0.39 is 6.10 Å². The average Bonchev–Trinajstić information content (AvgIpc) is 2.49. The minimum Gasteiger partial charge on any atom is -0.387 e. The Bertz CT molecular complexity index is 569. The van der Waals surface area contributed by atoms with Gasteiger partial charge < -0.3 is 10.0 Å². The van der Waals surface area contributed by atoms with Crippen molar-refractivity contribution in [1.82, 2.24) is 9.88 Å². The summed E-state index contributed by atoms with van der Waals surface area (Å²) >= 11 is 0. The number of rotatable bonds is 6. The smallest absolute Gasteiger partial charge is 0.0916 e. The van der Waals surface area contributed by atoms with Gasteiger partial charge in [-0.3, -0.25) is 4.98 Å². The van der Waals surface area contributed by atoms with E-state index in [1.54, 1.807) is 0 Å². The summed E-state index contributed by atoms with van der Waals surface area (Å²) in [5.74, 6) is 0. The molecule has 0 saturated carbocycles. The predicted molar refractivity (Wildman–Crippen MR) is 86.3 cm³/mol. The number of hydrogen-bond acceptors (Lipinski definition) is 3. The van der Waals surface area contributed by atoms with Crippen molar-refractivity contribution in [2.24, 2.45) is 0 Å². The fourth-order valence-corrected chi connectivity index (χ4v) is 2.32. The highest BCUT2D eigenvalue weighted by molar-refractivity contribution is 5.31. The number of benzene rings is 1. The molecule has 0 fully saturated rings. The van der Waals surface area contributed by atoms with Crippen LogP contribution in [0.3, 0.4) is 0 Å². The first-order chi connectivity index (χ1) is 10.1. The second-order valence-corrected chi connectivity index (χ2v) is 5.69. The van der Waals surface area contributed by atoms with Crippen molar-refractivity contribution in [3.05, 3.63) is 65.0 Å². The third-order valence-electron chi connectivity index (χ3n) is 3.88. The minimum atomic E-state index is -0.446. The van der Waals surface area contributed by atoms with Crippen molar-refractivity contribution in [3.63, 3.8) is 0 Å². The molecule has 0 spiro atoms. The lowest BCUT2D eigenvalue weighted by Crippen LogP contribution is -2.27. The van der Waals surface area contributed by atoms with E-state index in [0.717, 1.165) is 24.2 Å². The standard InChI is InChI=1S/C18H24N2O/c1-14-7-8-16(12-15(14)2)18(21)13-20(3)11-9-17-6-4-5-10-19-17/h4-8,10,12,18,21H,9,11,13H2,1-3H3. The molecule has 2 aromatic rings. The zero-order chi connectivity index (χ0) is 15.2. The van der Waals surface area contributed by atoms with Gasteiger partial charge in [0.05, 0.1) is 6.10 Å². The van der Waals surface area contributed by atoms with Crippen LogP contribution in [0.4, 0.5) is 0 Å². The molecule has 0 aliphatic rings. The van der Waals surface area contributed by atoms with Crippen molar-refractivity contribution in [2.45, 2.75) is 26.4 Å². The fraction of sp³-hybridized carbons (Fsp3) is 0.389. The summed E-state index contributed by atoms with van der Waals surface area (Å²) in [6, 6.07) is 12.1. The van der Waals surface area contributed by atoms with E-state index in [1.807, 2.05) is 37.5 Å². The first-order valence-electron chi connectivity index (χ1n) is 7.40. The Morgan fingerprint density at radius 3 is 2.62 bits per heavy atom. The summed E-state index contributed by atoms with van der Waals surface area (Å²) in [4.78, 5) is 6.47. The van der Waals surface area contributed by atoms with Crippen molar-refractivity contribution in [2.75, 3.05) is 20.1 Å². The lowest BCUT2D eigenvalue weighted by Gasteiger charge is -2.21. The van der Waals surface area contributed by atoms with Crippen LogP contribution >= 0.6 is 0 Å². The lowest BCUT2D eigenvalue weighted by atomic mass is 10.0. The summed E-state index contributed by atoms with van der Waals surface area (Å²) in [5.41, 5.74) is 4.56. The summed E-state index contributed by atoms with van der Waals surface area (Å²) in [7, 11) is 2.03. The van der Waals surface area contributed by atoms with Gasteiger partial charge in [0, 0.05) is 31.4 Å². The number of hydrogen-bond donors (Lipinski definition) is 1. The van der Waals surface area contributed by atoms with Crippen LogP contribution in [0.5, 0.6) is 0 Å². The fourth-order valence-electron chi connectivity index (χ4n) is 2.32. The van der Waals surface area contributed by atoms with E-state index in [9.17, 15) is 5.11 Å². The molecule has 0 bridgehead atoms. The predicted octanol–water partition coefficient (Wildman–Crippen LogP) is 2.91. The van der Waals surface area contributed by atoms with Gasteiger partial charge in [0.2, 0.25) is 0 Å².